The van der Waals surface area contributed by atoms with Crippen molar-refractivity contribution in [3.05, 3.63) is 65.2 Å². The molecule has 2 rings (SSSR count). The fraction of sp³-hybridized carbons (Fsp3) is 0.188. The van der Waals surface area contributed by atoms with Crippen molar-refractivity contribution in [3.8, 4) is 5.75 Å². The van der Waals surface area contributed by atoms with Gasteiger partial charge in [-0.25, -0.2) is 5.84 Å². The third-order valence-electron chi connectivity index (χ3n) is 3.40. The van der Waals surface area contributed by atoms with E-state index in [1.807, 2.05) is 36.4 Å². The number of aromatic hydroxyl groups is 1. The van der Waals surface area contributed by atoms with Gasteiger partial charge in [0.1, 0.15) is 5.75 Å². The standard InChI is InChI=1S/C16H18N2O2/c1-11(14-6-8-15(19)9-7-14)13-4-2-12(3-5-13)10-16(20)18-17/h2-9,11,19H,10,17H2,1H3,(H,18,20). The van der Waals surface area contributed by atoms with Gasteiger partial charge in [0, 0.05) is 5.92 Å². The Morgan fingerprint density at radius 1 is 1.10 bits per heavy atom. The number of hydrazine groups is 1. The number of carbonyl (C=O) groups is 1. The van der Waals surface area contributed by atoms with Gasteiger partial charge in [-0.05, 0) is 28.8 Å². The predicted octanol–water partition coefficient (Wildman–Crippen LogP) is 2.08. The summed E-state index contributed by atoms with van der Waals surface area (Å²) in [4.78, 5) is 11.2. The number of nitrogens with one attached hydrogen (secondary N) is 1. The van der Waals surface area contributed by atoms with Crippen molar-refractivity contribution >= 4 is 5.91 Å². The summed E-state index contributed by atoms with van der Waals surface area (Å²) in [5, 5.41) is 9.30. The van der Waals surface area contributed by atoms with E-state index in [4.69, 9.17) is 5.84 Å². The van der Waals surface area contributed by atoms with Gasteiger partial charge in [0.2, 0.25) is 5.91 Å². The zero-order chi connectivity index (χ0) is 14.5. The molecular weight excluding hydrogens is 252 g/mol. The van der Waals surface area contributed by atoms with Crippen molar-refractivity contribution in [2.24, 2.45) is 5.84 Å². The lowest BCUT2D eigenvalue weighted by Gasteiger charge is -2.13. The molecular formula is C16H18N2O2. The van der Waals surface area contributed by atoms with Crippen molar-refractivity contribution in [2.75, 3.05) is 0 Å². The van der Waals surface area contributed by atoms with Gasteiger partial charge in [0.05, 0.1) is 6.42 Å². The van der Waals surface area contributed by atoms with E-state index in [0.717, 1.165) is 16.7 Å². The lowest BCUT2D eigenvalue weighted by molar-refractivity contribution is -0.120. The van der Waals surface area contributed by atoms with Gasteiger partial charge in [-0.2, -0.15) is 0 Å². The van der Waals surface area contributed by atoms with Gasteiger partial charge in [-0.3, -0.25) is 10.2 Å². The van der Waals surface area contributed by atoms with E-state index in [1.165, 1.54) is 0 Å². The monoisotopic (exact) mass is 270 g/mol. The number of rotatable bonds is 4. The van der Waals surface area contributed by atoms with E-state index in [1.54, 1.807) is 12.1 Å². The summed E-state index contributed by atoms with van der Waals surface area (Å²) in [6, 6.07) is 15.1. The Kier molecular flexibility index (Phi) is 4.38. The zero-order valence-electron chi connectivity index (χ0n) is 11.3. The molecule has 4 nitrogen and oxygen atoms in total. The first kappa shape index (κ1) is 14.1. The minimum Gasteiger partial charge on any atom is -0.508 e. The summed E-state index contributed by atoms with van der Waals surface area (Å²) in [6.45, 7) is 2.11. The van der Waals surface area contributed by atoms with Crippen LogP contribution in [-0.4, -0.2) is 11.0 Å². The highest BCUT2D eigenvalue weighted by atomic mass is 16.3. The molecule has 1 unspecified atom stereocenters. The number of hydrogen-bond acceptors (Lipinski definition) is 3. The first-order valence-electron chi connectivity index (χ1n) is 6.47. The molecule has 0 aromatic heterocycles. The minimum atomic E-state index is -0.204. The molecule has 104 valence electrons. The molecule has 1 atom stereocenters. The zero-order valence-corrected chi connectivity index (χ0v) is 11.3. The Balaban J connectivity index is 2.13. The normalized spacial score (nSPS) is 11.9. The van der Waals surface area contributed by atoms with Crippen LogP contribution in [0, 0.1) is 0 Å². The van der Waals surface area contributed by atoms with E-state index in [0.29, 0.717) is 0 Å². The van der Waals surface area contributed by atoms with Crippen LogP contribution in [0.3, 0.4) is 0 Å². The van der Waals surface area contributed by atoms with E-state index < -0.39 is 0 Å². The van der Waals surface area contributed by atoms with Gasteiger partial charge in [-0.1, -0.05) is 43.3 Å². The molecule has 0 heterocycles. The lowest BCUT2D eigenvalue weighted by Crippen LogP contribution is -2.31. The molecule has 0 aliphatic carbocycles. The van der Waals surface area contributed by atoms with Gasteiger partial charge in [-0.15, -0.1) is 0 Å². The molecule has 1 amide bonds. The van der Waals surface area contributed by atoms with Crippen LogP contribution in [0.4, 0.5) is 0 Å². The van der Waals surface area contributed by atoms with Crippen molar-refractivity contribution in [3.63, 3.8) is 0 Å². The van der Waals surface area contributed by atoms with Crippen LogP contribution in [0.1, 0.15) is 29.5 Å². The van der Waals surface area contributed by atoms with Crippen molar-refractivity contribution in [2.45, 2.75) is 19.3 Å². The Morgan fingerprint density at radius 2 is 1.60 bits per heavy atom. The predicted molar refractivity (Wildman–Crippen MR) is 78.1 cm³/mol. The minimum absolute atomic E-state index is 0.204. The van der Waals surface area contributed by atoms with E-state index >= 15 is 0 Å². The van der Waals surface area contributed by atoms with Gasteiger partial charge >= 0.3 is 0 Å². The molecule has 2 aromatic carbocycles. The highest BCUT2D eigenvalue weighted by Gasteiger charge is 2.09. The summed E-state index contributed by atoms with van der Waals surface area (Å²) in [7, 11) is 0. The summed E-state index contributed by atoms with van der Waals surface area (Å²) >= 11 is 0. The number of hydrogen-bond donors (Lipinski definition) is 3. The number of phenols is 1. The molecule has 0 aliphatic heterocycles. The van der Waals surface area contributed by atoms with Crippen molar-refractivity contribution < 1.29 is 9.90 Å². The van der Waals surface area contributed by atoms with Crippen LogP contribution in [0.25, 0.3) is 0 Å². The molecule has 20 heavy (non-hydrogen) atoms. The maximum atomic E-state index is 11.2. The molecule has 4 N–H and O–H groups in total. The number of benzene rings is 2. The van der Waals surface area contributed by atoms with Crippen LogP contribution in [-0.2, 0) is 11.2 Å². The van der Waals surface area contributed by atoms with Crippen LogP contribution in [0.5, 0.6) is 5.75 Å². The van der Waals surface area contributed by atoms with E-state index in [9.17, 15) is 9.90 Å². The molecule has 0 radical (unpaired) electrons. The first-order valence-corrected chi connectivity index (χ1v) is 6.47. The van der Waals surface area contributed by atoms with Crippen molar-refractivity contribution in [1.29, 1.82) is 0 Å². The van der Waals surface area contributed by atoms with Crippen LogP contribution in [0.2, 0.25) is 0 Å². The fourth-order valence-corrected chi connectivity index (χ4v) is 2.12. The average molecular weight is 270 g/mol. The molecule has 0 saturated heterocycles. The molecule has 0 saturated carbocycles. The quantitative estimate of drug-likeness (QED) is 0.452. The number of phenolic OH excluding ortho intramolecular Hbond substituents is 1. The molecule has 0 fully saturated rings. The molecule has 4 heteroatoms. The van der Waals surface area contributed by atoms with Gasteiger partial charge in [0.15, 0.2) is 0 Å². The molecule has 0 aliphatic rings. The maximum Gasteiger partial charge on any atom is 0.238 e. The third kappa shape index (κ3) is 3.36. The van der Waals surface area contributed by atoms with Crippen LogP contribution >= 0.6 is 0 Å². The van der Waals surface area contributed by atoms with Gasteiger partial charge < -0.3 is 5.11 Å². The number of nitrogens with two attached hydrogens (primary N) is 1. The average Bonchev–Trinajstić information content (AvgIpc) is 2.48. The Bertz CT molecular complexity index is 576. The van der Waals surface area contributed by atoms with Gasteiger partial charge in [0.25, 0.3) is 0 Å². The maximum absolute atomic E-state index is 11.2. The second kappa shape index (κ2) is 6.21. The summed E-state index contributed by atoms with van der Waals surface area (Å²) in [5.74, 6) is 5.36. The second-order valence-corrected chi connectivity index (χ2v) is 4.80. The SMILES string of the molecule is CC(c1ccc(O)cc1)c1ccc(CC(=O)NN)cc1. The molecule has 0 spiro atoms. The topological polar surface area (TPSA) is 75.3 Å². The smallest absolute Gasteiger partial charge is 0.238 e. The number of carbonyl (C=O) groups excluding carboxylic acids is 1. The Morgan fingerprint density at radius 3 is 2.10 bits per heavy atom. The first-order chi connectivity index (χ1) is 9.60. The third-order valence-corrected chi connectivity index (χ3v) is 3.40. The molecule has 0 bridgehead atoms. The summed E-state index contributed by atoms with van der Waals surface area (Å²) < 4.78 is 0. The highest BCUT2D eigenvalue weighted by molar-refractivity contribution is 5.77. The highest BCUT2D eigenvalue weighted by Crippen LogP contribution is 2.25. The summed E-state index contributed by atoms with van der Waals surface area (Å²) in [6.07, 6.45) is 0.282. The lowest BCUT2D eigenvalue weighted by atomic mass is 9.92. The Hall–Kier alpha value is -2.33. The van der Waals surface area contributed by atoms with Crippen LogP contribution < -0.4 is 11.3 Å². The summed E-state index contributed by atoms with van der Waals surface area (Å²) in [5.41, 5.74) is 5.34. The van der Waals surface area contributed by atoms with E-state index in [2.05, 4.69) is 12.3 Å². The van der Waals surface area contributed by atoms with Crippen molar-refractivity contribution in [1.82, 2.24) is 5.43 Å². The van der Waals surface area contributed by atoms with E-state index in [-0.39, 0.29) is 24.0 Å². The van der Waals surface area contributed by atoms with Crippen LogP contribution in [0.15, 0.2) is 48.5 Å². The fourth-order valence-electron chi connectivity index (χ4n) is 2.12. The number of amides is 1. The molecule has 2 aromatic rings. The largest absolute Gasteiger partial charge is 0.508 e. The second-order valence-electron chi connectivity index (χ2n) is 4.80. The Labute approximate surface area is 118 Å².